The van der Waals surface area contributed by atoms with Gasteiger partial charge in [-0.1, -0.05) is 27.7 Å². The van der Waals surface area contributed by atoms with E-state index in [4.69, 9.17) is 4.98 Å². The van der Waals surface area contributed by atoms with Gasteiger partial charge in [0.25, 0.3) is 0 Å². The zero-order valence-corrected chi connectivity index (χ0v) is 13.2. The SMILES string of the molecule is CCNC(C)C1(Cc2nc(C(C)(C)C)cs2)CC1. The van der Waals surface area contributed by atoms with Gasteiger partial charge in [-0.25, -0.2) is 4.98 Å². The summed E-state index contributed by atoms with van der Waals surface area (Å²) in [6.07, 6.45) is 3.86. The van der Waals surface area contributed by atoms with Gasteiger partial charge >= 0.3 is 0 Å². The van der Waals surface area contributed by atoms with Crippen molar-refractivity contribution in [1.82, 2.24) is 10.3 Å². The van der Waals surface area contributed by atoms with E-state index in [-0.39, 0.29) is 5.41 Å². The van der Waals surface area contributed by atoms with Crippen LogP contribution in [0.1, 0.15) is 58.2 Å². The highest BCUT2D eigenvalue weighted by atomic mass is 32.1. The van der Waals surface area contributed by atoms with Crippen molar-refractivity contribution in [2.75, 3.05) is 6.54 Å². The highest BCUT2D eigenvalue weighted by molar-refractivity contribution is 7.09. The number of hydrogen-bond acceptors (Lipinski definition) is 3. The highest BCUT2D eigenvalue weighted by Crippen LogP contribution is 2.51. The molecular weight excluding hydrogens is 240 g/mol. The minimum atomic E-state index is 0.179. The molecule has 2 rings (SSSR count). The van der Waals surface area contributed by atoms with E-state index in [2.05, 4.69) is 45.3 Å². The molecule has 0 bridgehead atoms. The largest absolute Gasteiger partial charge is 0.314 e. The van der Waals surface area contributed by atoms with Crippen molar-refractivity contribution in [3.63, 3.8) is 0 Å². The lowest BCUT2D eigenvalue weighted by Crippen LogP contribution is -2.35. The number of thiazole rings is 1. The molecule has 3 heteroatoms. The molecule has 1 atom stereocenters. The smallest absolute Gasteiger partial charge is 0.0934 e. The van der Waals surface area contributed by atoms with Gasteiger partial charge in [-0.3, -0.25) is 0 Å². The van der Waals surface area contributed by atoms with Crippen LogP contribution < -0.4 is 5.32 Å². The van der Waals surface area contributed by atoms with Crippen LogP contribution in [0, 0.1) is 5.41 Å². The van der Waals surface area contributed by atoms with Gasteiger partial charge in [-0.05, 0) is 31.7 Å². The predicted molar refractivity (Wildman–Crippen MR) is 79.3 cm³/mol. The van der Waals surface area contributed by atoms with E-state index in [0.717, 1.165) is 13.0 Å². The van der Waals surface area contributed by atoms with Gasteiger partial charge in [0.1, 0.15) is 0 Å². The first-order valence-corrected chi connectivity index (χ1v) is 7.93. The summed E-state index contributed by atoms with van der Waals surface area (Å²) < 4.78 is 0. The Bertz CT molecular complexity index is 399. The molecule has 0 aromatic carbocycles. The van der Waals surface area contributed by atoms with Crippen LogP contribution in [0.3, 0.4) is 0 Å². The molecule has 0 spiro atoms. The third-order valence-electron chi connectivity index (χ3n) is 4.14. The van der Waals surface area contributed by atoms with Crippen molar-refractivity contribution in [3.05, 3.63) is 16.1 Å². The molecule has 2 nitrogen and oxygen atoms in total. The van der Waals surface area contributed by atoms with Crippen molar-refractivity contribution in [3.8, 4) is 0 Å². The van der Waals surface area contributed by atoms with Crippen molar-refractivity contribution < 1.29 is 0 Å². The third kappa shape index (κ3) is 2.94. The fourth-order valence-electron chi connectivity index (χ4n) is 2.48. The fourth-order valence-corrected chi connectivity index (χ4v) is 3.66. The Hall–Kier alpha value is -0.410. The van der Waals surface area contributed by atoms with Crippen LogP contribution in [0.5, 0.6) is 0 Å². The maximum Gasteiger partial charge on any atom is 0.0934 e. The summed E-state index contributed by atoms with van der Waals surface area (Å²) in [6, 6.07) is 0.615. The molecule has 1 aromatic rings. The van der Waals surface area contributed by atoms with E-state index < -0.39 is 0 Å². The Morgan fingerprint density at radius 2 is 2.11 bits per heavy atom. The van der Waals surface area contributed by atoms with E-state index in [9.17, 15) is 0 Å². The molecule has 1 aliphatic carbocycles. The van der Waals surface area contributed by atoms with Gasteiger partial charge in [0.05, 0.1) is 10.7 Å². The molecule has 1 unspecified atom stereocenters. The van der Waals surface area contributed by atoms with Crippen LogP contribution in [-0.4, -0.2) is 17.6 Å². The molecule has 1 heterocycles. The van der Waals surface area contributed by atoms with Crippen LogP contribution in [-0.2, 0) is 11.8 Å². The Kier molecular flexibility index (Phi) is 3.84. The average molecular weight is 266 g/mol. The molecule has 0 aliphatic heterocycles. The topological polar surface area (TPSA) is 24.9 Å². The molecule has 18 heavy (non-hydrogen) atoms. The predicted octanol–water partition coefficient (Wildman–Crippen LogP) is 3.76. The Labute approximate surface area is 115 Å². The van der Waals surface area contributed by atoms with Crippen molar-refractivity contribution in [2.24, 2.45) is 5.41 Å². The normalized spacial score (nSPS) is 19.8. The summed E-state index contributed by atoms with van der Waals surface area (Å²) in [5.74, 6) is 0. The quantitative estimate of drug-likeness (QED) is 0.877. The molecule has 0 saturated heterocycles. The Morgan fingerprint density at radius 1 is 1.44 bits per heavy atom. The molecule has 1 aromatic heterocycles. The van der Waals surface area contributed by atoms with Gasteiger partial charge in [0, 0.05) is 23.3 Å². The second-order valence-electron chi connectivity index (χ2n) is 6.69. The van der Waals surface area contributed by atoms with Crippen LogP contribution in [0.4, 0.5) is 0 Å². The third-order valence-corrected chi connectivity index (χ3v) is 4.99. The van der Waals surface area contributed by atoms with Crippen LogP contribution in [0.2, 0.25) is 0 Å². The van der Waals surface area contributed by atoms with Crippen LogP contribution in [0.15, 0.2) is 5.38 Å². The molecule has 1 aliphatic rings. The second kappa shape index (κ2) is 4.93. The summed E-state index contributed by atoms with van der Waals surface area (Å²) in [5.41, 5.74) is 1.91. The minimum Gasteiger partial charge on any atom is -0.314 e. The van der Waals surface area contributed by atoms with Gasteiger partial charge in [0.2, 0.25) is 0 Å². The lowest BCUT2D eigenvalue weighted by atomic mass is 9.92. The molecule has 1 saturated carbocycles. The Balaban J connectivity index is 2.04. The van der Waals surface area contributed by atoms with Crippen molar-refractivity contribution >= 4 is 11.3 Å². The zero-order chi connectivity index (χ0) is 13.4. The van der Waals surface area contributed by atoms with Crippen LogP contribution >= 0.6 is 11.3 Å². The second-order valence-corrected chi connectivity index (χ2v) is 7.64. The summed E-state index contributed by atoms with van der Waals surface area (Å²) in [4.78, 5) is 4.84. The highest BCUT2D eigenvalue weighted by Gasteiger charge is 2.47. The zero-order valence-electron chi connectivity index (χ0n) is 12.3. The lowest BCUT2D eigenvalue weighted by Gasteiger charge is -2.23. The van der Waals surface area contributed by atoms with Gasteiger partial charge in [0.15, 0.2) is 0 Å². The van der Waals surface area contributed by atoms with E-state index in [1.165, 1.54) is 23.5 Å². The first-order valence-electron chi connectivity index (χ1n) is 7.06. The summed E-state index contributed by atoms with van der Waals surface area (Å²) in [5, 5.41) is 7.14. The lowest BCUT2D eigenvalue weighted by molar-refractivity contribution is 0.355. The van der Waals surface area contributed by atoms with Gasteiger partial charge in [-0.15, -0.1) is 11.3 Å². The first-order chi connectivity index (χ1) is 8.37. The molecule has 0 radical (unpaired) electrons. The first kappa shape index (κ1) is 14.0. The van der Waals surface area contributed by atoms with Gasteiger partial charge < -0.3 is 5.32 Å². The molecule has 1 N–H and O–H groups in total. The molecule has 1 fully saturated rings. The van der Waals surface area contributed by atoms with Crippen molar-refractivity contribution in [1.29, 1.82) is 0 Å². The minimum absolute atomic E-state index is 0.179. The fraction of sp³-hybridized carbons (Fsp3) is 0.800. The summed E-state index contributed by atoms with van der Waals surface area (Å²) >= 11 is 1.84. The van der Waals surface area contributed by atoms with Crippen LogP contribution in [0.25, 0.3) is 0 Å². The van der Waals surface area contributed by atoms with E-state index in [1.807, 2.05) is 11.3 Å². The van der Waals surface area contributed by atoms with E-state index in [0.29, 0.717) is 11.5 Å². The van der Waals surface area contributed by atoms with Gasteiger partial charge in [-0.2, -0.15) is 0 Å². The number of nitrogens with one attached hydrogen (secondary N) is 1. The van der Waals surface area contributed by atoms with Crippen molar-refractivity contribution in [2.45, 2.75) is 65.3 Å². The maximum absolute atomic E-state index is 4.84. The molecular formula is C15H26N2S. The monoisotopic (exact) mass is 266 g/mol. The Morgan fingerprint density at radius 3 is 2.56 bits per heavy atom. The van der Waals surface area contributed by atoms with E-state index in [1.54, 1.807) is 0 Å². The number of rotatable bonds is 5. The number of nitrogens with zero attached hydrogens (tertiary/aromatic N) is 1. The molecule has 0 amide bonds. The summed E-state index contributed by atoms with van der Waals surface area (Å²) in [7, 11) is 0. The summed E-state index contributed by atoms with van der Waals surface area (Å²) in [6.45, 7) is 12.3. The average Bonchev–Trinajstić information content (AvgIpc) is 2.87. The molecule has 102 valence electrons. The van der Waals surface area contributed by atoms with E-state index >= 15 is 0 Å². The standard InChI is InChI=1S/C15H26N2S/c1-6-16-11(2)15(7-8-15)9-13-17-12(10-18-13)14(3,4)5/h10-11,16H,6-9H2,1-5H3. The number of aromatic nitrogens is 1. The maximum atomic E-state index is 4.84. The number of hydrogen-bond donors (Lipinski definition) is 1.